The zero-order valence-corrected chi connectivity index (χ0v) is 11.5. The van der Waals surface area contributed by atoms with Crippen molar-refractivity contribution in [2.45, 2.75) is 6.23 Å². The monoisotopic (exact) mass is 282 g/mol. The highest BCUT2D eigenvalue weighted by molar-refractivity contribution is 7.80. The van der Waals surface area contributed by atoms with Crippen LogP contribution in [0.4, 0.5) is 0 Å². The minimum atomic E-state index is -0.132. The van der Waals surface area contributed by atoms with Gasteiger partial charge in [0.2, 0.25) is 0 Å². The van der Waals surface area contributed by atoms with Crippen molar-refractivity contribution in [3.63, 3.8) is 0 Å². The van der Waals surface area contributed by atoms with Crippen molar-refractivity contribution >= 4 is 28.9 Å². The fourth-order valence-electron chi connectivity index (χ4n) is 1.84. The van der Waals surface area contributed by atoms with E-state index in [-0.39, 0.29) is 6.23 Å². The van der Waals surface area contributed by atoms with E-state index in [2.05, 4.69) is 11.9 Å². The average molecular weight is 283 g/mol. The molecule has 1 aromatic rings. The van der Waals surface area contributed by atoms with Gasteiger partial charge in [0, 0.05) is 23.7 Å². The van der Waals surface area contributed by atoms with Gasteiger partial charge in [0.05, 0.1) is 6.61 Å². The van der Waals surface area contributed by atoms with E-state index in [1.54, 1.807) is 6.08 Å². The molecule has 3 nitrogen and oxygen atoms in total. The van der Waals surface area contributed by atoms with Gasteiger partial charge in [-0.15, -0.1) is 6.58 Å². The smallest absolute Gasteiger partial charge is 0.171 e. The number of hydrogen-bond acceptors (Lipinski definition) is 2. The fourth-order valence-corrected chi connectivity index (χ4v) is 2.24. The molecular formula is C13H15ClN2OS. The predicted octanol–water partition coefficient (Wildman–Crippen LogP) is 2.73. The van der Waals surface area contributed by atoms with Crippen molar-refractivity contribution in [1.29, 1.82) is 0 Å². The van der Waals surface area contributed by atoms with E-state index in [1.807, 2.05) is 29.2 Å². The molecule has 1 unspecified atom stereocenters. The van der Waals surface area contributed by atoms with Crippen LogP contribution in [0.25, 0.3) is 0 Å². The van der Waals surface area contributed by atoms with Gasteiger partial charge in [0.15, 0.2) is 11.3 Å². The number of nitrogens with zero attached hydrogens (tertiary/aromatic N) is 1. The second-order valence-corrected chi connectivity index (χ2v) is 4.77. The molecular weight excluding hydrogens is 268 g/mol. The van der Waals surface area contributed by atoms with Gasteiger partial charge in [0.1, 0.15) is 0 Å². The van der Waals surface area contributed by atoms with Crippen LogP contribution in [0.2, 0.25) is 5.02 Å². The topological polar surface area (TPSA) is 24.5 Å². The van der Waals surface area contributed by atoms with Gasteiger partial charge in [0.25, 0.3) is 0 Å². The first-order valence-electron chi connectivity index (χ1n) is 5.75. The Labute approximate surface area is 117 Å². The Morgan fingerprint density at radius 1 is 1.56 bits per heavy atom. The standard InChI is InChI=1S/C13H15ClN2OS/c1-2-7-15-13(18)16-8-9-17-12(16)10-3-5-11(14)6-4-10/h2-6,12H,1,7-9H2,(H,15,18). The summed E-state index contributed by atoms with van der Waals surface area (Å²) in [4.78, 5) is 2.03. The van der Waals surface area contributed by atoms with Crippen molar-refractivity contribution in [3.05, 3.63) is 47.5 Å². The molecule has 1 aromatic carbocycles. The summed E-state index contributed by atoms with van der Waals surface area (Å²) in [6.45, 7) is 5.77. The van der Waals surface area contributed by atoms with Crippen LogP contribution < -0.4 is 5.32 Å². The van der Waals surface area contributed by atoms with Gasteiger partial charge in [-0.25, -0.2) is 0 Å². The lowest BCUT2D eigenvalue weighted by molar-refractivity contribution is 0.0630. The number of hydrogen-bond donors (Lipinski definition) is 1. The zero-order valence-electron chi connectivity index (χ0n) is 9.93. The third-order valence-electron chi connectivity index (χ3n) is 2.70. The summed E-state index contributed by atoms with van der Waals surface area (Å²) in [6, 6.07) is 7.64. The Morgan fingerprint density at radius 3 is 2.94 bits per heavy atom. The lowest BCUT2D eigenvalue weighted by Crippen LogP contribution is -2.39. The molecule has 1 heterocycles. The molecule has 0 aliphatic carbocycles. The Hall–Kier alpha value is -1.10. The van der Waals surface area contributed by atoms with Crippen LogP contribution in [0.3, 0.4) is 0 Å². The van der Waals surface area contributed by atoms with Crippen LogP contribution in [0.1, 0.15) is 11.8 Å². The maximum absolute atomic E-state index is 5.88. The van der Waals surface area contributed by atoms with Gasteiger partial charge in [-0.2, -0.15) is 0 Å². The van der Waals surface area contributed by atoms with Crippen molar-refractivity contribution in [2.75, 3.05) is 19.7 Å². The molecule has 0 bridgehead atoms. The van der Waals surface area contributed by atoms with Crippen LogP contribution in [0.15, 0.2) is 36.9 Å². The molecule has 18 heavy (non-hydrogen) atoms. The Bertz CT molecular complexity index is 435. The summed E-state index contributed by atoms with van der Waals surface area (Å²) in [5.41, 5.74) is 1.06. The molecule has 1 aliphatic heterocycles. The van der Waals surface area contributed by atoms with E-state index >= 15 is 0 Å². The Morgan fingerprint density at radius 2 is 2.28 bits per heavy atom. The first-order valence-corrected chi connectivity index (χ1v) is 6.53. The van der Waals surface area contributed by atoms with E-state index in [1.165, 1.54) is 0 Å². The lowest BCUT2D eigenvalue weighted by Gasteiger charge is -2.26. The first kappa shape index (κ1) is 13.3. The largest absolute Gasteiger partial charge is 0.359 e. The van der Waals surface area contributed by atoms with Crippen LogP contribution in [0.5, 0.6) is 0 Å². The summed E-state index contributed by atoms with van der Waals surface area (Å²) in [5.74, 6) is 0. The van der Waals surface area contributed by atoms with Gasteiger partial charge in [-0.1, -0.05) is 29.8 Å². The second kappa shape index (κ2) is 6.18. The van der Waals surface area contributed by atoms with Crippen LogP contribution in [-0.2, 0) is 4.74 Å². The SMILES string of the molecule is C=CCNC(=S)N1CCOC1c1ccc(Cl)cc1. The summed E-state index contributed by atoms with van der Waals surface area (Å²) in [5, 5.41) is 4.52. The maximum Gasteiger partial charge on any atom is 0.171 e. The minimum absolute atomic E-state index is 0.132. The highest BCUT2D eigenvalue weighted by Crippen LogP contribution is 2.27. The molecule has 96 valence electrons. The number of ether oxygens (including phenoxy) is 1. The van der Waals surface area contributed by atoms with E-state index in [0.29, 0.717) is 18.3 Å². The zero-order chi connectivity index (χ0) is 13.0. The number of nitrogens with one attached hydrogen (secondary N) is 1. The van der Waals surface area contributed by atoms with E-state index in [9.17, 15) is 0 Å². The number of halogens is 1. The molecule has 1 fully saturated rings. The number of benzene rings is 1. The number of rotatable bonds is 3. The quantitative estimate of drug-likeness (QED) is 0.681. The van der Waals surface area contributed by atoms with Gasteiger partial charge in [-0.3, -0.25) is 0 Å². The summed E-state index contributed by atoms with van der Waals surface area (Å²) >= 11 is 11.2. The summed E-state index contributed by atoms with van der Waals surface area (Å²) in [6.07, 6.45) is 1.65. The fraction of sp³-hybridized carbons (Fsp3) is 0.308. The molecule has 5 heteroatoms. The van der Waals surface area contributed by atoms with Crippen LogP contribution >= 0.6 is 23.8 Å². The third-order valence-corrected chi connectivity index (χ3v) is 3.34. The third kappa shape index (κ3) is 3.02. The minimum Gasteiger partial charge on any atom is -0.359 e. The Kier molecular flexibility index (Phi) is 4.58. The van der Waals surface area contributed by atoms with E-state index in [0.717, 1.165) is 17.1 Å². The summed E-state index contributed by atoms with van der Waals surface area (Å²) in [7, 11) is 0. The first-order chi connectivity index (χ1) is 8.72. The molecule has 1 N–H and O–H groups in total. The molecule has 0 saturated carbocycles. The van der Waals surface area contributed by atoms with Crippen LogP contribution in [0, 0.1) is 0 Å². The molecule has 0 radical (unpaired) electrons. The summed E-state index contributed by atoms with van der Waals surface area (Å²) < 4.78 is 5.72. The van der Waals surface area contributed by atoms with Crippen molar-refractivity contribution in [2.24, 2.45) is 0 Å². The number of thiocarbonyl (C=S) groups is 1. The van der Waals surface area contributed by atoms with Crippen molar-refractivity contribution < 1.29 is 4.74 Å². The maximum atomic E-state index is 5.88. The molecule has 2 rings (SSSR count). The molecule has 1 atom stereocenters. The second-order valence-electron chi connectivity index (χ2n) is 3.94. The van der Waals surface area contributed by atoms with Gasteiger partial charge >= 0.3 is 0 Å². The molecule has 1 saturated heterocycles. The van der Waals surface area contributed by atoms with Crippen molar-refractivity contribution in [1.82, 2.24) is 10.2 Å². The normalized spacial score (nSPS) is 18.7. The van der Waals surface area contributed by atoms with Crippen molar-refractivity contribution in [3.8, 4) is 0 Å². The highest BCUT2D eigenvalue weighted by Gasteiger charge is 2.28. The highest BCUT2D eigenvalue weighted by atomic mass is 35.5. The Balaban J connectivity index is 2.09. The van der Waals surface area contributed by atoms with Gasteiger partial charge < -0.3 is 15.0 Å². The van der Waals surface area contributed by atoms with E-state index < -0.39 is 0 Å². The molecule has 1 aliphatic rings. The molecule has 0 aromatic heterocycles. The van der Waals surface area contributed by atoms with Gasteiger partial charge in [-0.05, 0) is 24.4 Å². The average Bonchev–Trinajstić information content (AvgIpc) is 2.86. The molecule has 0 amide bonds. The lowest BCUT2D eigenvalue weighted by atomic mass is 10.2. The van der Waals surface area contributed by atoms with E-state index in [4.69, 9.17) is 28.6 Å². The van der Waals surface area contributed by atoms with Crippen LogP contribution in [-0.4, -0.2) is 29.7 Å². The molecule has 0 spiro atoms. The predicted molar refractivity (Wildman–Crippen MR) is 77.6 cm³/mol.